The van der Waals surface area contributed by atoms with Crippen LogP contribution in [0.25, 0.3) is 5.65 Å². The summed E-state index contributed by atoms with van der Waals surface area (Å²) in [7, 11) is 1.70. The van der Waals surface area contributed by atoms with Crippen molar-refractivity contribution in [1.29, 1.82) is 0 Å². The lowest BCUT2D eigenvalue weighted by Gasteiger charge is -2.30. The third-order valence-electron chi connectivity index (χ3n) is 4.36. The molecule has 128 valence electrons. The predicted octanol–water partition coefficient (Wildman–Crippen LogP) is 1.93. The number of hydrogen-bond acceptors (Lipinski definition) is 4. The van der Waals surface area contributed by atoms with E-state index < -0.39 is 0 Å². The maximum absolute atomic E-state index is 12.7. The Bertz CT molecular complexity index is 747. The van der Waals surface area contributed by atoms with Gasteiger partial charge in [0.25, 0.3) is 5.91 Å². The van der Waals surface area contributed by atoms with Crippen LogP contribution in [-0.4, -0.2) is 52.4 Å². The highest BCUT2D eigenvalue weighted by molar-refractivity contribution is 5.94. The van der Waals surface area contributed by atoms with Crippen LogP contribution >= 0.6 is 0 Å². The van der Waals surface area contributed by atoms with Gasteiger partial charge in [-0.05, 0) is 25.0 Å². The van der Waals surface area contributed by atoms with Crippen LogP contribution in [0.5, 0.6) is 0 Å². The van der Waals surface area contributed by atoms with Gasteiger partial charge in [-0.15, -0.1) is 0 Å². The van der Waals surface area contributed by atoms with Crippen LogP contribution in [0.2, 0.25) is 0 Å². The summed E-state index contributed by atoms with van der Waals surface area (Å²) in [6.45, 7) is 3.14. The van der Waals surface area contributed by atoms with Crippen molar-refractivity contribution in [3.63, 3.8) is 0 Å². The first-order valence-electron chi connectivity index (χ1n) is 8.22. The molecule has 0 bridgehead atoms. The number of ether oxygens (including phenoxy) is 1. The van der Waals surface area contributed by atoms with E-state index in [9.17, 15) is 9.59 Å². The third kappa shape index (κ3) is 3.26. The Kier molecular flexibility index (Phi) is 4.80. The van der Waals surface area contributed by atoms with Crippen LogP contribution in [0.3, 0.4) is 0 Å². The molecule has 1 aliphatic heterocycles. The van der Waals surface area contributed by atoms with Crippen LogP contribution in [0.1, 0.15) is 36.7 Å². The van der Waals surface area contributed by atoms with Crippen molar-refractivity contribution in [2.45, 2.75) is 32.3 Å². The molecule has 0 spiro atoms. The number of imidazole rings is 1. The van der Waals surface area contributed by atoms with E-state index in [2.05, 4.69) is 10.3 Å². The molecule has 7 nitrogen and oxygen atoms in total. The number of anilines is 1. The predicted molar refractivity (Wildman–Crippen MR) is 90.0 cm³/mol. The van der Waals surface area contributed by atoms with E-state index in [-0.39, 0.29) is 17.9 Å². The summed E-state index contributed by atoms with van der Waals surface area (Å²) in [5.41, 5.74) is 1.03. The van der Waals surface area contributed by atoms with Gasteiger partial charge in [-0.25, -0.2) is 4.98 Å². The molecule has 2 amide bonds. The number of carbonyl (C=O) groups excluding carboxylic acids is 2. The Morgan fingerprint density at radius 3 is 2.75 bits per heavy atom. The maximum atomic E-state index is 12.7. The summed E-state index contributed by atoms with van der Waals surface area (Å²) in [6, 6.07) is 5.42. The lowest BCUT2D eigenvalue weighted by atomic mass is 10.1. The molecule has 0 aliphatic carbocycles. The number of likely N-dealkylation sites (tertiary alicyclic amines) is 1. The SMILES string of the molecule is CCC(=O)Nc1cccc2nc(C(=O)N3CCC(OC)CC3)cn12. The third-order valence-corrected chi connectivity index (χ3v) is 4.36. The van der Waals surface area contributed by atoms with E-state index in [0.29, 0.717) is 36.7 Å². The molecule has 3 heterocycles. The van der Waals surface area contributed by atoms with Crippen molar-refractivity contribution < 1.29 is 14.3 Å². The van der Waals surface area contributed by atoms with E-state index in [1.165, 1.54) is 0 Å². The van der Waals surface area contributed by atoms with Crippen LogP contribution in [0, 0.1) is 0 Å². The van der Waals surface area contributed by atoms with Gasteiger partial charge in [0, 0.05) is 32.8 Å². The second kappa shape index (κ2) is 7.00. The Morgan fingerprint density at radius 1 is 1.33 bits per heavy atom. The number of rotatable bonds is 4. The van der Waals surface area contributed by atoms with Gasteiger partial charge < -0.3 is 15.0 Å². The largest absolute Gasteiger partial charge is 0.381 e. The minimum absolute atomic E-state index is 0.0780. The van der Waals surface area contributed by atoms with Gasteiger partial charge in [-0.1, -0.05) is 13.0 Å². The molecular weight excluding hydrogens is 308 g/mol. The summed E-state index contributed by atoms with van der Waals surface area (Å²) in [5.74, 6) is 0.454. The Hall–Kier alpha value is -2.41. The highest BCUT2D eigenvalue weighted by Crippen LogP contribution is 2.18. The highest BCUT2D eigenvalue weighted by Gasteiger charge is 2.25. The van der Waals surface area contributed by atoms with Gasteiger partial charge in [-0.3, -0.25) is 14.0 Å². The van der Waals surface area contributed by atoms with E-state index in [1.807, 2.05) is 17.0 Å². The number of piperidine rings is 1. The molecule has 3 rings (SSSR count). The van der Waals surface area contributed by atoms with Gasteiger partial charge in [0.05, 0.1) is 6.10 Å². The smallest absolute Gasteiger partial charge is 0.274 e. The first-order chi connectivity index (χ1) is 11.6. The molecule has 0 saturated carbocycles. The molecule has 0 aromatic carbocycles. The second-order valence-electron chi connectivity index (χ2n) is 5.89. The highest BCUT2D eigenvalue weighted by atomic mass is 16.5. The van der Waals surface area contributed by atoms with Crippen LogP contribution in [-0.2, 0) is 9.53 Å². The number of aromatic nitrogens is 2. The van der Waals surface area contributed by atoms with Crippen LogP contribution < -0.4 is 5.32 Å². The number of pyridine rings is 1. The van der Waals surface area contributed by atoms with E-state index in [1.54, 1.807) is 30.7 Å². The summed E-state index contributed by atoms with van der Waals surface area (Å²) >= 11 is 0. The van der Waals surface area contributed by atoms with Gasteiger partial charge in [0.1, 0.15) is 17.2 Å². The molecule has 1 saturated heterocycles. The van der Waals surface area contributed by atoms with Crippen molar-refractivity contribution in [2.75, 3.05) is 25.5 Å². The Balaban J connectivity index is 1.81. The first kappa shape index (κ1) is 16.4. The zero-order chi connectivity index (χ0) is 17.1. The summed E-state index contributed by atoms with van der Waals surface area (Å²) < 4.78 is 7.08. The number of methoxy groups -OCH3 is 1. The van der Waals surface area contributed by atoms with Gasteiger partial charge in [-0.2, -0.15) is 0 Å². The zero-order valence-electron chi connectivity index (χ0n) is 14.0. The fourth-order valence-electron chi connectivity index (χ4n) is 2.90. The standard InChI is InChI=1S/C17H22N4O3/c1-3-16(22)19-15-6-4-5-14-18-13(11-21(14)15)17(23)20-9-7-12(24-2)8-10-20/h4-6,11-12H,3,7-10H2,1-2H3,(H,19,22). The van der Waals surface area contributed by atoms with Gasteiger partial charge in [0.15, 0.2) is 0 Å². The Labute approximate surface area is 140 Å². The number of hydrogen-bond donors (Lipinski definition) is 1. The fraction of sp³-hybridized carbons (Fsp3) is 0.471. The van der Waals surface area contributed by atoms with E-state index in [4.69, 9.17) is 4.74 Å². The minimum atomic E-state index is -0.0824. The summed E-state index contributed by atoms with van der Waals surface area (Å²) in [6.07, 6.45) is 3.99. The maximum Gasteiger partial charge on any atom is 0.274 e. The van der Waals surface area contributed by atoms with Crippen molar-refractivity contribution in [3.8, 4) is 0 Å². The number of nitrogens with zero attached hydrogens (tertiary/aromatic N) is 3. The lowest BCUT2D eigenvalue weighted by Crippen LogP contribution is -2.40. The van der Waals surface area contributed by atoms with E-state index >= 15 is 0 Å². The molecule has 0 atom stereocenters. The molecular formula is C17H22N4O3. The first-order valence-corrected chi connectivity index (χ1v) is 8.22. The lowest BCUT2D eigenvalue weighted by molar-refractivity contribution is -0.115. The molecule has 7 heteroatoms. The topological polar surface area (TPSA) is 75.9 Å². The van der Waals surface area contributed by atoms with Crippen molar-refractivity contribution in [2.24, 2.45) is 0 Å². The second-order valence-corrected chi connectivity index (χ2v) is 5.89. The molecule has 1 aliphatic rings. The number of fused-ring (bicyclic) bond motifs is 1. The van der Waals surface area contributed by atoms with Gasteiger partial charge in [0.2, 0.25) is 5.91 Å². The molecule has 2 aromatic heterocycles. The zero-order valence-corrected chi connectivity index (χ0v) is 14.0. The van der Waals surface area contributed by atoms with Crippen LogP contribution in [0.15, 0.2) is 24.4 Å². The Morgan fingerprint density at radius 2 is 2.08 bits per heavy atom. The number of amides is 2. The van der Waals surface area contributed by atoms with Gasteiger partial charge >= 0.3 is 0 Å². The average molecular weight is 330 g/mol. The van der Waals surface area contributed by atoms with Crippen molar-refractivity contribution in [3.05, 3.63) is 30.1 Å². The minimum Gasteiger partial charge on any atom is -0.381 e. The molecule has 1 fully saturated rings. The molecule has 1 N–H and O–H groups in total. The monoisotopic (exact) mass is 330 g/mol. The quantitative estimate of drug-likeness (QED) is 0.929. The number of nitrogens with one attached hydrogen (secondary N) is 1. The van der Waals surface area contributed by atoms with Crippen molar-refractivity contribution in [1.82, 2.24) is 14.3 Å². The molecule has 0 unspecified atom stereocenters. The summed E-state index contributed by atoms with van der Waals surface area (Å²) in [5, 5.41) is 2.82. The molecule has 0 radical (unpaired) electrons. The fourth-order valence-corrected chi connectivity index (χ4v) is 2.90. The number of carbonyl (C=O) groups is 2. The molecule has 24 heavy (non-hydrogen) atoms. The summed E-state index contributed by atoms with van der Waals surface area (Å²) in [4.78, 5) is 30.5. The average Bonchev–Trinajstić information content (AvgIpc) is 3.06. The van der Waals surface area contributed by atoms with E-state index in [0.717, 1.165) is 12.8 Å². The molecule has 2 aromatic rings. The normalized spacial score (nSPS) is 15.7. The van der Waals surface area contributed by atoms with Crippen molar-refractivity contribution >= 4 is 23.3 Å². The van der Waals surface area contributed by atoms with Crippen LogP contribution in [0.4, 0.5) is 5.82 Å².